The van der Waals surface area contributed by atoms with Crippen LogP contribution < -0.4 is 5.32 Å². The predicted octanol–water partition coefficient (Wildman–Crippen LogP) is 1.92. The van der Waals surface area contributed by atoms with Crippen LogP contribution in [0.2, 0.25) is 0 Å². The van der Waals surface area contributed by atoms with Crippen molar-refractivity contribution in [3.05, 3.63) is 12.3 Å². The molecule has 0 aromatic heterocycles. The molecule has 0 bridgehead atoms. The SMILES string of the molecule is CC.CNCC1CCC=CO1. The molecule has 66 valence electrons. The van der Waals surface area contributed by atoms with Gasteiger partial charge in [-0.15, -0.1) is 0 Å². The number of nitrogens with one attached hydrogen (secondary N) is 1. The van der Waals surface area contributed by atoms with E-state index in [0.717, 1.165) is 19.4 Å². The summed E-state index contributed by atoms with van der Waals surface area (Å²) in [5.74, 6) is 0. The molecule has 0 fully saturated rings. The Balaban J connectivity index is 0.000000461. The van der Waals surface area contributed by atoms with E-state index in [1.807, 2.05) is 20.9 Å². The lowest BCUT2D eigenvalue weighted by Gasteiger charge is -2.18. The van der Waals surface area contributed by atoms with Crippen molar-refractivity contribution in [1.29, 1.82) is 0 Å². The summed E-state index contributed by atoms with van der Waals surface area (Å²) in [6.45, 7) is 4.96. The van der Waals surface area contributed by atoms with Gasteiger partial charge in [0.2, 0.25) is 0 Å². The third kappa shape index (κ3) is 4.85. The lowest BCUT2D eigenvalue weighted by atomic mass is 10.1. The molecule has 1 rings (SSSR count). The summed E-state index contributed by atoms with van der Waals surface area (Å²) >= 11 is 0. The van der Waals surface area contributed by atoms with Gasteiger partial charge in [0.1, 0.15) is 6.10 Å². The molecule has 1 N–H and O–H groups in total. The third-order valence-electron chi connectivity index (χ3n) is 1.45. The number of allylic oxidation sites excluding steroid dienone is 1. The second-order valence-corrected chi connectivity index (χ2v) is 2.26. The first kappa shape index (κ1) is 10.5. The first-order valence-electron chi connectivity index (χ1n) is 4.38. The van der Waals surface area contributed by atoms with Crippen molar-refractivity contribution in [2.24, 2.45) is 0 Å². The molecule has 2 nitrogen and oxygen atoms in total. The zero-order valence-electron chi connectivity index (χ0n) is 7.76. The van der Waals surface area contributed by atoms with Crippen molar-refractivity contribution >= 4 is 0 Å². The molecular weight excluding hydrogens is 138 g/mol. The van der Waals surface area contributed by atoms with Gasteiger partial charge in [0.25, 0.3) is 0 Å². The van der Waals surface area contributed by atoms with Crippen LogP contribution in [0.5, 0.6) is 0 Å². The average Bonchev–Trinajstić information content (AvgIpc) is 2.11. The van der Waals surface area contributed by atoms with Crippen LogP contribution in [0.3, 0.4) is 0 Å². The highest BCUT2D eigenvalue weighted by molar-refractivity contribution is 4.82. The van der Waals surface area contributed by atoms with E-state index in [1.54, 1.807) is 6.26 Å². The summed E-state index contributed by atoms with van der Waals surface area (Å²) in [6, 6.07) is 0. The number of hydrogen-bond donors (Lipinski definition) is 1. The van der Waals surface area contributed by atoms with Crippen molar-refractivity contribution in [3.8, 4) is 0 Å². The molecule has 0 aromatic rings. The maximum Gasteiger partial charge on any atom is 0.110 e. The summed E-state index contributed by atoms with van der Waals surface area (Å²) in [7, 11) is 1.95. The van der Waals surface area contributed by atoms with Gasteiger partial charge in [-0.25, -0.2) is 0 Å². The smallest absolute Gasteiger partial charge is 0.110 e. The van der Waals surface area contributed by atoms with Crippen LogP contribution in [-0.2, 0) is 4.74 Å². The van der Waals surface area contributed by atoms with Crippen LogP contribution in [0.25, 0.3) is 0 Å². The fourth-order valence-corrected chi connectivity index (χ4v) is 0.963. The Morgan fingerprint density at radius 3 is 2.73 bits per heavy atom. The monoisotopic (exact) mass is 157 g/mol. The topological polar surface area (TPSA) is 21.3 Å². The zero-order chi connectivity index (χ0) is 8.53. The Morgan fingerprint density at radius 1 is 1.55 bits per heavy atom. The quantitative estimate of drug-likeness (QED) is 0.661. The van der Waals surface area contributed by atoms with E-state index in [1.165, 1.54) is 0 Å². The number of likely N-dealkylation sites (N-methyl/N-ethyl adjacent to an activating group) is 1. The minimum absolute atomic E-state index is 0.403. The summed E-state index contributed by atoms with van der Waals surface area (Å²) < 4.78 is 5.28. The minimum Gasteiger partial charge on any atom is -0.497 e. The highest BCUT2D eigenvalue weighted by Gasteiger charge is 2.07. The maximum atomic E-state index is 5.28. The van der Waals surface area contributed by atoms with Gasteiger partial charge >= 0.3 is 0 Å². The van der Waals surface area contributed by atoms with Gasteiger partial charge in [-0.05, 0) is 26.0 Å². The molecule has 0 radical (unpaired) electrons. The number of hydrogen-bond acceptors (Lipinski definition) is 2. The Bertz CT molecular complexity index is 102. The zero-order valence-corrected chi connectivity index (χ0v) is 7.76. The van der Waals surface area contributed by atoms with Gasteiger partial charge in [-0.2, -0.15) is 0 Å². The van der Waals surface area contributed by atoms with E-state index in [9.17, 15) is 0 Å². The van der Waals surface area contributed by atoms with Crippen molar-refractivity contribution in [2.45, 2.75) is 32.8 Å². The lowest BCUT2D eigenvalue weighted by molar-refractivity contribution is 0.124. The van der Waals surface area contributed by atoms with Crippen molar-refractivity contribution < 1.29 is 4.74 Å². The van der Waals surface area contributed by atoms with E-state index in [4.69, 9.17) is 4.74 Å². The van der Waals surface area contributed by atoms with E-state index in [2.05, 4.69) is 11.4 Å². The van der Waals surface area contributed by atoms with E-state index in [0.29, 0.717) is 6.10 Å². The Morgan fingerprint density at radius 2 is 2.27 bits per heavy atom. The average molecular weight is 157 g/mol. The van der Waals surface area contributed by atoms with Gasteiger partial charge in [0.05, 0.1) is 6.26 Å². The van der Waals surface area contributed by atoms with E-state index in [-0.39, 0.29) is 0 Å². The molecule has 1 atom stereocenters. The number of ether oxygens (including phenoxy) is 1. The molecule has 0 spiro atoms. The fraction of sp³-hybridized carbons (Fsp3) is 0.778. The molecule has 1 heterocycles. The van der Waals surface area contributed by atoms with Crippen molar-refractivity contribution in [1.82, 2.24) is 5.32 Å². The second-order valence-electron chi connectivity index (χ2n) is 2.26. The van der Waals surface area contributed by atoms with Gasteiger partial charge in [-0.1, -0.05) is 13.8 Å². The number of rotatable bonds is 2. The molecule has 0 saturated carbocycles. The summed E-state index contributed by atoms with van der Waals surface area (Å²) in [4.78, 5) is 0. The maximum absolute atomic E-state index is 5.28. The standard InChI is InChI=1S/C7H13NO.C2H6/c1-8-6-7-4-2-3-5-9-7;1-2/h3,5,7-8H,2,4,6H2,1H3;1-2H3. The summed E-state index contributed by atoms with van der Waals surface area (Å²) in [6.07, 6.45) is 6.57. The Labute approximate surface area is 69.6 Å². The summed E-state index contributed by atoms with van der Waals surface area (Å²) in [5, 5.41) is 3.08. The van der Waals surface area contributed by atoms with E-state index < -0.39 is 0 Å². The van der Waals surface area contributed by atoms with Crippen LogP contribution in [0.1, 0.15) is 26.7 Å². The molecule has 0 aliphatic carbocycles. The summed E-state index contributed by atoms with van der Waals surface area (Å²) in [5.41, 5.74) is 0. The molecule has 0 saturated heterocycles. The molecule has 1 unspecified atom stereocenters. The Kier molecular flexibility index (Phi) is 7.26. The highest BCUT2D eigenvalue weighted by atomic mass is 16.5. The highest BCUT2D eigenvalue weighted by Crippen LogP contribution is 2.08. The first-order valence-corrected chi connectivity index (χ1v) is 4.38. The van der Waals surface area contributed by atoms with Crippen LogP contribution >= 0.6 is 0 Å². The molecule has 2 heteroatoms. The van der Waals surface area contributed by atoms with Gasteiger partial charge in [0.15, 0.2) is 0 Å². The minimum atomic E-state index is 0.403. The van der Waals surface area contributed by atoms with Gasteiger partial charge < -0.3 is 10.1 Å². The van der Waals surface area contributed by atoms with Crippen LogP contribution in [-0.4, -0.2) is 19.7 Å². The molecule has 11 heavy (non-hydrogen) atoms. The normalized spacial score (nSPS) is 21.5. The molecule has 0 amide bonds. The molecule has 1 aliphatic rings. The molecule has 1 aliphatic heterocycles. The van der Waals surface area contributed by atoms with Crippen LogP contribution in [0, 0.1) is 0 Å². The van der Waals surface area contributed by atoms with E-state index >= 15 is 0 Å². The fourth-order valence-electron chi connectivity index (χ4n) is 0.963. The Hall–Kier alpha value is -0.500. The first-order chi connectivity index (χ1) is 5.43. The van der Waals surface area contributed by atoms with Crippen molar-refractivity contribution in [3.63, 3.8) is 0 Å². The predicted molar refractivity (Wildman–Crippen MR) is 48.5 cm³/mol. The molecular formula is C9H19NO. The van der Waals surface area contributed by atoms with Gasteiger partial charge in [0, 0.05) is 6.54 Å². The van der Waals surface area contributed by atoms with Crippen molar-refractivity contribution in [2.75, 3.05) is 13.6 Å². The second kappa shape index (κ2) is 7.61. The van der Waals surface area contributed by atoms with Crippen LogP contribution in [0.15, 0.2) is 12.3 Å². The third-order valence-corrected chi connectivity index (χ3v) is 1.45. The molecule has 0 aromatic carbocycles. The van der Waals surface area contributed by atoms with Gasteiger partial charge in [-0.3, -0.25) is 0 Å². The van der Waals surface area contributed by atoms with Crippen LogP contribution in [0.4, 0.5) is 0 Å². The lowest BCUT2D eigenvalue weighted by Crippen LogP contribution is -2.26. The largest absolute Gasteiger partial charge is 0.497 e.